The van der Waals surface area contributed by atoms with E-state index in [9.17, 15) is 9.50 Å². The van der Waals surface area contributed by atoms with Gasteiger partial charge in [-0.25, -0.2) is 9.37 Å². The van der Waals surface area contributed by atoms with Gasteiger partial charge in [-0.05, 0) is 49.2 Å². The van der Waals surface area contributed by atoms with Crippen molar-refractivity contribution < 1.29 is 14.2 Å². The summed E-state index contributed by atoms with van der Waals surface area (Å²) < 4.78 is 19.0. The summed E-state index contributed by atoms with van der Waals surface area (Å²) in [5, 5.41) is 10.6. The molecule has 0 saturated carbocycles. The van der Waals surface area contributed by atoms with Crippen LogP contribution in [0.25, 0.3) is 21.0 Å². The van der Waals surface area contributed by atoms with Gasteiger partial charge in [-0.15, -0.1) is 11.3 Å². The summed E-state index contributed by atoms with van der Waals surface area (Å²) in [5.41, 5.74) is 2.94. The van der Waals surface area contributed by atoms with E-state index in [-0.39, 0.29) is 5.75 Å². The Bertz CT molecular complexity index is 964. The Kier molecular flexibility index (Phi) is 6.00. The second-order valence-electron chi connectivity index (χ2n) is 7.34. The SMILES string of the molecule is COc1cc(-c2cnc(-c3ccc(N4CCCCCCC4)cc3)s2)cc(F)c1O. The molecule has 1 N–H and O–H groups in total. The van der Waals surface area contributed by atoms with E-state index < -0.39 is 11.6 Å². The molecule has 4 nitrogen and oxygen atoms in total. The molecule has 1 aromatic heterocycles. The van der Waals surface area contributed by atoms with Gasteiger partial charge in [0.15, 0.2) is 17.3 Å². The number of aromatic hydroxyl groups is 1. The lowest BCUT2D eigenvalue weighted by Crippen LogP contribution is -2.26. The fraction of sp³-hybridized carbons (Fsp3) is 0.348. The second-order valence-corrected chi connectivity index (χ2v) is 8.37. The second kappa shape index (κ2) is 8.82. The van der Waals surface area contributed by atoms with Gasteiger partial charge in [-0.2, -0.15) is 0 Å². The first-order valence-electron chi connectivity index (χ1n) is 10.0. The van der Waals surface area contributed by atoms with Crippen LogP contribution >= 0.6 is 11.3 Å². The van der Waals surface area contributed by atoms with E-state index in [1.165, 1.54) is 62.3 Å². The summed E-state index contributed by atoms with van der Waals surface area (Å²) in [6.07, 6.45) is 8.24. The predicted molar refractivity (Wildman–Crippen MR) is 116 cm³/mol. The summed E-state index contributed by atoms with van der Waals surface area (Å²) >= 11 is 1.49. The van der Waals surface area contributed by atoms with Crippen molar-refractivity contribution in [1.29, 1.82) is 0 Å². The van der Waals surface area contributed by atoms with Gasteiger partial charge in [0.05, 0.1) is 12.0 Å². The van der Waals surface area contributed by atoms with E-state index in [1.807, 2.05) is 0 Å². The Balaban J connectivity index is 1.54. The Morgan fingerprint density at radius 3 is 2.38 bits per heavy atom. The summed E-state index contributed by atoms with van der Waals surface area (Å²) in [4.78, 5) is 7.82. The number of ether oxygens (including phenoxy) is 1. The van der Waals surface area contributed by atoms with Gasteiger partial charge in [0.2, 0.25) is 0 Å². The van der Waals surface area contributed by atoms with Crippen molar-refractivity contribution in [1.82, 2.24) is 4.98 Å². The molecule has 0 bridgehead atoms. The quantitative estimate of drug-likeness (QED) is 0.562. The lowest BCUT2D eigenvalue weighted by molar-refractivity contribution is 0.357. The summed E-state index contributed by atoms with van der Waals surface area (Å²) in [6, 6.07) is 11.5. The zero-order valence-corrected chi connectivity index (χ0v) is 17.3. The topological polar surface area (TPSA) is 45.6 Å². The van der Waals surface area contributed by atoms with Crippen molar-refractivity contribution in [2.75, 3.05) is 25.1 Å². The first-order chi connectivity index (χ1) is 14.2. The highest BCUT2D eigenvalue weighted by Gasteiger charge is 2.15. The van der Waals surface area contributed by atoms with E-state index in [2.05, 4.69) is 34.1 Å². The van der Waals surface area contributed by atoms with Gasteiger partial charge in [0.1, 0.15) is 5.01 Å². The molecule has 2 heterocycles. The number of hydrogen-bond acceptors (Lipinski definition) is 5. The monoisotopic (exact) mass is 412 g/mol. The van der Waals surface area contributed by atoms with Crippen LogP contribution in [0.15, 0.2) is 42.6 Å². The molecule has 2 aromatic carbocycles. The number of hydrogen-bond donors (Lipinski definition) is 1. The van der Waals surface area contributed by atoms with Crippen molar-refractivity contribution in [3.8, 4) is 32.5 Å². The van der Waals surface area contributed by atoms with Crippen LogP contribution in [0.1, 0.15) is 32.1 Å². The third-order valence-corrected chi connectivity index (χ3v) is 6.47. The molecule has 1 fully saturated rings. The Hall–Kier alpha value is -2.60. The van der Waals surface area contributed by atoms with Crippen molar-refractivity contribution in [3.63, 3.8) is 0 Å². The maximum absolute atomic E-state index is 14.0. The van der Waals surface area contributed by atoms with E-state index in [1.54, 1.807) is 12.3 Å². The van der Waals surface area contributed by atoms with Crippen molar-refractivity contribution in [2.45, 2.75) is 32.1 Å². The molecular formula is C23H25FN2O2S. The van der Waals surface area contributed by atoms with Crippen LogP contribution < -0.4 is 9.64 Å². The third kappa shape index (κ3) is 4.37. The molecule has 152 valence electrons. The zero-order valence-electron chi connectivity index (χ0n) is 16.5. The molecule has 0 radical (unpaired) electrons. The zero-order chi connectivity index (χ0) is 20.2. The number of nitrogens with zero attached hydrogens (tertiary/aromatic N) is 2. The standard InChI is InChI=1S/C23H25FN2O2S/c1-28-20-14-17(13-19(24)22(20)27)21-15-25-23(29-21)16-7-9-18(10-8-16)26-11-5-3-2-4-6-12-26/h7-10,13-15,27H,2-6,11-12H2,1H3. The maximum atomic E-state index is 14.0. The van der Waals surface area contributed by atoms with Crippen LogP contribution in [0.3, 0.4) is 0 Å². The molecule has 1 aliphatic rings. The molecule has 0 amide bonds. The fourth-order valence-electron chi connectivity index (χ4n) is 3.73. The van der Waals surface area contributed by atoms with Gasteiger partial charge in [-0.1, -0.05) is 19.3 Å². The van der Waals surface area contributed by atoms with E-state index in [0.717, 1.165) is 28.5 Å². The number of thiazole rings is 1. The van der Waals surface area contributed by atoms with Gasteiger partial charge >= 0.3 is 0 Å². The number of benzene rings is 2. The summed E-state index contributed by atoms with van der Waals surface area (Å²) in [6.45, 7) is 2.24. The minimum atomic E-state index is -0.702. The number of halogens is 1. The molecule has 6 heteroatoms. The van der Waals surface area contributed by atoms with Crippen molar-refractivity contribution >= 4 is 17.0 Å². The van der Waals surface area contributed by atoms with Gasteiger partial charge in [-0.3, -0.25) is 0 Å². The van der Waals surface area contributed by atoms with Gasteiger partial charge in [0.25, 0.3) is 0 Å². The van der Waals surface area contributed by atoms with E-state index >= 15 is 0 Å². The molecule has 0 aliphatic carbocycles. The van der Waals surface area contributed by atoms with Crippen LogP contribution in [-0.4, -0.2) is 30.3 Å². The van der Waals surface area contributed by atoms with Crippen molar-refractivity contribution in [2.24, 2.45) is 0 Å². The molecule has 0 unspecified atom stereocenters. The first-order valence-corrected chi connectivity index (χ1v) is 10.9. The summed E-state index contributed by atoms with van der Waals surface area (Å²) in [5.74, 6) is -1.06. The lowest BCUT2D eigenvalue weighted by atomic mass is 10.1. The van der Waals surface area contributed by atoms with Gasteiger partial charge in [0, 0.05) is 36.1 Å². The minimum Gasteiger partial charge on any atom is -0.502 e. The summed E-state index contributed by atoms with van der Waals surface area (Å²) in [7, 11) is 1.41. The van der Waals surface area contributed by atoms with Crippen LogP contribution in [0.4, 0.5) is 10.1 Å². The number of methoxy groups -OCH3 is 1. The van der Waals surface area contributed by atoms with Crippen LogP contribution in [-0.2, 0) is 0 Å². The average Bonchev–Trinajstić information content (AvgIpc) is 3.20. The normalized spacial score (nSPS) is 15.0. The molecule has 0 atom stereocenters. The van der Waals surface area contributed by atoms with Crippen LogP contribution in [0.5, 0.6) is 11.5 Å². The molecule has 1 saturated heterocycles. The third-order valence-electron chi connectivity index (χ3n) is 5.37. The largest absolute Gasteiger partial charge is 0.502 e. The number of anilines is 1. The van der Waals surface area contributed by atoms with E-state index in [4.69, 9.17) is 4.74 Å². The molecule has 0 spiro atoms. The highest BCUT2D eigenvalue weighted by Crippen LogP contribution is 2.38. The van der Waals surface area contributed by atoms with Crippen molar-refractivity contribution in [3.05, 3.63) is 48.4 Å². The molecule has 1 aliphatic heterocycles. The number of phenolic OH excluding ortho intramolecular Hbond substituents is 1. The Labute approximate surface area is 174 Å². The molecule has 3 aromatic rings. The average molecular weight is 413 g/mol. The number of rotatable bonds is 4. The van der Waals surface area contributed by atoms with Crippen LogP contribution in [0.2, 0.25) is 0 Å². The molecule has 29 heavy (non-hydrogen) atoms. The Morgan fingerprint density at radius 1 is 1.00 bits per heavy atom. The molecule has 4 rings (SSSR count). The highest BCUT2D eigenvalue weighted by molar-refractivity contribution is 7.18. The van der Waals surface area contributed by atoms with Gasteiger partial charge < -0.3 is 14.7 Å². The number of phenols is 1. The van der Waals surface area contributed by atoms with Crippen LogP contribution in [0, 0.1) is 5.82 Å². The highest BCUT2D eigenvalue weighted by atomic mass is 32.1. The number of aromatic nitrogens is 1. The maximum Gasteiger partial charge on any atom is 0.194 e. The predicted octanol–water partition coefficient (Wildman–Crippen LogP) is 6.10. The lowest BCUT2D eigenvalue weighted by Gasteiger charge is -2.27. The molecular weight excluding hydrogens is 387 g/mol. The van der Waals surface area contributed by atoms with E-state index in [0.29, 0.717) is 5.56 Å². The Morgan fingerprint density at radius 2 is 1.69 bits per heavy atom. The first kappa shape index (κ1) is 19.7. The smallest absolute Gasteiger partial charge is 0.194 e. The minimum absolute atomic E-state index is 0.118. The fourth-order valence-corrected chi connectivity index (χ4v) is 4.64.